The molecule has 1 aliphatic heterocycles. The molecule has 2 atom stereocenters. The molecule has 1 fully saturated rings. The molecule has 0 aliphatic carbocycles. The molecule has 1 amide bonds. The molecule has 2 aromatic carbocycles. The van der Waals surface area contributed by atoms with E-state index in [4.69, 9.17) is 0 Å². The predicted octanol–water partition coefficient (Wildman–Crippen LogP) is 3.19. The van der Waals surface area contributed by atoms with Gasteiger partial charge in [0.1, 0.15) is 11.8 Å². The Kier molecular flexibility index (Phi) is 6.12. The molecule has 2 aromatic rings. The minimum absolute atomic E-state index is 0. The number of hydrogen-bond acceptors (Lipinski definition) is 3. The first-order valence-corrected chi connectivity index (χ1v) is 9.66. The molecule has 1 heterocycles. The molecule has 136 valence electrons. The number of nitrogens with one attached hydrogen (secondary N) is 1. The van der Waals surface area contributed by atoms with Gasteiger partial charge in [-0.05, 0) is 31.2 Å². The van der Waals surface area contributed by atoms with Gasteiger partial charge < -0.3 is 20.0 Å². The largest absolute Gasteiger partial charge is 0.373 e. The molecular weight excluding hydrogens is 363 g/mol. The maximum Gasteiger partial charge on any atom is 0.347 e. The SMILES string of the molecule is C[C@H](Nc1cccc2ccccc12)C(=O)N1CCC[C@@H]1P(=O)(O)O.Cl. The third-order valence-electron chi connectivity index (χ3n) is 4.42. The van der Waals surface area contributed by atoms with Crippen LogP contribution in [0.25, 0.3) is 10.8 Å². The lowest BCUT2D eigenvalue weighted by Crippen LogP contribution is -2.43. The monoisotopic (exact) mass is 384 g/mol. The predicted molar refractivity (Wildman–Crippen MR) is 101 cm³/mol. The Balaban J connectivity index is 0.00000225. The highest BCUT2D eigenvalue weighted by Crippen LogP contribution is 2.48. The number of likely N-dealkylation sites (tertiary alicyclic amines) is 1. The number of anilines is 1. The lowest BCUT2D eigenvalue weighted by molar-refractivity contribution is -0.131. The molecule has 0 saturated carbocycles. The Morgan fingerprint density at radius 1 is 1.24 bits per heavy atom. The van der Waals surface area contributed by atoms with E-state index in [-0.39, 0.29) is 18.3 Å². The van der Waals surface area contributed by atoms with Gasteiger partial charge in [-0.15, -0.1) is 12.4 Å². The number of benzene rings is 2. The molecule has 0 unspecified atom stereocenters. The van der Waals surface area contributed by atoms with E-state index in [1.165, 1.54) is 4.90 Å². The summed E-state index contributed by atoms with van der Waals surface area (Å²) >= 11 is 0. The maximum atomic E-state index is 12.7. The second kappa shape index (κ2) is 7.75. The van der Waals surface area contributed by atoms with Crippen LogP contribution in [0.5, 0.6) is 0 Å². The Hall–Kier alpha value is -1.59. The van der Waals surface area contributed by atoms with E-state index >= 15 is 0 Å². The molecular formula is C17H22ClN2O4P. The Morgan fingerprint density at radius 3 is 2.64 bits per heavy atom. The highest BCUT2D eigenvalue weighted by Gasteiger charge is 2.41. The molecule has 1 saturated heterocycles. The van der Waals surface area contributed by atoms with Crippen molar-refractivity contribution in [2.75, 3.05) is 11.9 Å². The Labute approximate surface area is 152 Å². The van der Waals surface area contributed by atoms with Gasteiger partial charge >= 0.3 is 7.60 Å². The summed E-state index contributed by atoms with van der Waals surface area (Å²) in [4.78, 5) is 32.9. The maximum absolute atomic E-state index is 12.7. The Morgan fingerprint density at radius 2 is 1.92 bits per heavy atom. The summed E-state index contributed by atoms with van der Waals surface area (Å²) in [6, 6.07) is 13.1. The van der Waals surface area contributed by atoms with Crippen LogP contribution in [-0.4, -0.2) is 39.0 Å². The molecule has 3 rings (SSSR count). The minimum Gasteiger partial charge on any atom is -0.373 e. The van der Waals surface area contributed by atoms with E-state index in [0.717, 1.165) is 16.5 Å². The van der Waals surface area contributed by atoms with Crippen LogP contribution in [0.1, 0.15) is 19.8 Å². The van der Waals surface area contributed by atoms with Crippen LogP contribution < -0.4 is 5.32 Å². The van der Waals surface area contributed by atoms with Gasteiger partial charge in [0.15, 0.2) is 0 Å². The highest BCUT2D eigenvalue weighted by atomic mass is 35.5. The molecule has 8 heteroatoms. The third-order valence-corrected chi connectivity index (χ3v) is 5.74. The average molecular weight is 385 g/mol. The van der Waals surface area contributed by atoms with Crippen LogP contribution in [0.2, 0.25) is 0 Å². The summed E-state index contributed by atoms with van der Waals surface area (Å²) in [5.41, 5.74) is 0.834. The molecule has 3 N–H and O–H groups in total. The first-order valence-electron chi connectivity index (χ1n) is 7.98. The van der Waals surface area contributed by atoms with Crippen molar-refractivity contribution in [3.05, 3.63) is 42.5 Å². The van der Waals surface area contributed by atoms with Gasteiger partial charge in [-0.3, -0.25) is 9.36 Å². The van der Waals surface area contributed by atoms with Gasteiger partial charge in [-0.1, -0.05) is 36.4 Å². The van der Waals surface area contributed by atoms with E-state index in [9.17, 15) is 19.1 Å². The molecule has 0 radical (unpaired) electrons. The van der Waals surface area contributed by atoms with Crippen molar-refractivity contribution >= 4 is 42.4 Å². The van der Waals surface area contributed by atoms with Gasteiger partial charge in [-0.2, -0.15) is 0 Å². The number of hydrogen-bond donors (Lipinski definition) is 3. The number of halogens is 1. The molecule has 0 aromatic heterocycles. The Bertz CT molecular complexity index is 805. The summed E-state index contributed by atoms with van der Waals surface area (Å²) < 4.78 is 11.6. The summed E-state index contributed by atoms with van der Waals surface area (Å²) in [5, 5.41) is 5.26. The van der Waals surface area contributed by atoms with E-state index in [2.05, 4.69) is 5.32 Å². The topological polar surface area (TPSA) is 89.9 Å². The first kappa shape index (κ1) is 19.7. The highest BCUT2D eigenvalue weighted by molar-refractivity contribution is 7.52. The van der Waals surface area contributed by atoms with Crippen LogP contribution in [0.15, 0.2) is 42.5 Å². The van der Waals surface area contributed by atoms with E-state index in [1.807, 2.05) is 42.5 Å². The normalized spacial score (nSPS) is 18.7. The molecule has 0 spiro atoms. The lowest BCUT2D eigenvalue weighted by atomic mass is 10.1. The number of carbonyl (C=O) groups excluding carboxylic acids is 1. The van der Waals surface area contributed by atoms with Gasteiger partial charge in [0, 0.05) is 17.6 Å². The van der Waals surface area contributed by atoms with Gasteiger partial charge in [-0.25, -0.2) is 0 Å². The number of carbonyl (C=O) groups is 1. The van der Waals surface area contributed by atoms with E-state index in [0.29, 0.717) is 19.4 Å². The minimum atomic E-state index is -4.31. The van der Waals surface area contributed by atoms with Crippen LogP contribution in [0.4, 0.5) is 5.69 Å². The molecule has 25 heavy (non-hydrogen) atoms. The standard InChI is InChI=1S/C17H21N2O4P.ClH/c1-12(17(20)19-11-5-10-16(19)24(21,22)23)18-15-9-4-7-13-6-2-3-8-14(13)15;/h2-4,6-9,12,16,18H,5,10-11H2,1H3,(H2,21,22,23);1H/t12-,16-;/m0./s1. The summed E-state index contributed by atoms with van der Waals surface area (Å²) in [6.07, 6.45) is 0.958. The molecule has 1 aliphatic rings. The number of rotatable bonds is 4. The fraction of sp³-hybridized carbons (Fsp3) is 0.353. The number of fused-ring (bicyclic) bond motifs is 1. The van der Waals surface area contributed by atoms with Crippen LogP contribution >= 0.6 is 20.0 Å². The summed E-state index contributed by atoms with van der Waals surface area (Å²) in [6.45, 7) is 2.11. The summed E-state index contributed by atoms with van der Waals surface area (Å²) in [5.74, 6) is -1.28. The first-order chi connectivity index (χ1) is 11.4. The third kappa shape index (κ3) is 4.15. The second-order valence-electron chi connectivity index (χ2n) is 6.14. The molecule has 6 nitrogen and oxygen atoms in total. The van der Waals surface area contributed by atoms with Crippen LogP contribution in [-0.2, 0) is 9.36 Å². The van der Waals surface area contributed by atoms with Crippen molar-refractivity contribution in [3.63, 3.8) is 0 Å². The van der Waals surface area contributed by atoms with Crippen molar-refractivity contribution in [1.82, 2.24) is 4.90 Å². The summed E-state index contributed by atoms with van der Waals surface area (Å²) in [7, 11) is -4.31. The smallest absolute Gasteiger partial charge is 0.347 e. The van der Waals surface area contributed by atoms with Crippen molar-refractivity contribution in [1.29, 1.82) is 0 Å². The van der Waals surface area contributed by atoms with E-state index < -0.39 is 19.4 Å². The van der Waals surface area contributed by atoms with Crippen LogP contribution in [0.3, 0.4) is 0 Å². The molecule has 0 bridgehead atoms. The van der Waals surface area contributed by atoms with Crippen molar-refractivity contribution in [2.24, 2.45) is 0 Å². The zero-order valence-electron chi connectivity index (χ0n) is 13.8. The van der Waals surface area contributed by atoms with Crippen molar-refractivity contribution in [2.45, 2.75) is 31.6 Å². The van der Waals surface area contributed by atoms with Crippen molar-refractivity contribution in [3.8, 4) is 0 Å². The van der Waals surface area contributed by atoms with Gasteiger partial charge in [0.25, 0.3) is 0 Å². The number of nitrogens with zero attached hydrogens (tertiary/aromatic N) is 1. The number of amides is 1. The quantitative estimate of drug-likeness (QED) is 0.704. The van der Waals surface area contributed by atoms with Gasteiger partial charge in [0.2, 0.25) is 5.91 Å². The van der Waals surface area contributed by atoms with E-state index in [1.54, 1.807) is 6.92 Å². The second-order valence-corrected chi connectivity index (χ2v) is 7.91. The zero-order valence-corrected chi connectivity index (χ0v) is 15.5. The zero-order chi connectivity index (χ0) is 17.3. The average Bonchev–Trinajstić information content (AvgIpc) is 3.04. The fourth-order valence-corrected chi connectivity index (χ4v) is 4.36. The lowest BCUT2D eigenvalue weighted by Gasteiger charge is -2.28. The van der Waals surface area contributed by atoms with Gasteiger partial charge in [0.05, 0.1) is 0 Å². The van der Waals surface area contributed by atoms with Crippen molar-refractivity contribution < 1.29 is 19.1 Å². The fourth-order valence-electron chi connectivity index (χ4n) is 3.25. The van der Waals surface area contributed by atoms with Crippen LogP contribution in [0, 0.1) is 0 Å².